The van der Waals surface area contributed by atoms with Gasteiger partial charge in [0.1, 0.15) is 0 Å². The minimum absolute atomic E-state index is 0.256. The lowest BCUT2D eigenvalue weighted by Crippen LogP contribution is -2.19. The Morgan fingerprint density at radius 3 is 2.18 bits per heavy atom. The number of hydrogen-bond donors (Lipinski definition) is 0. The SMILES string of the molecule is CCCCOP(C)(=O)CCC(OCC)OCC. The van der Waals surface area contributed by atoms with E-state index in [1.165, 1.54) is 0 Å². The van der Waals surface area contributed by atoms with Crippen molar-refractivity contribution in [3.63, 3.8) is 0 Å². The summed E-state index contributed by atoms with van der Waals surface area (Å²) in [5.41, 5.74) is 0. The molecule has 0 aliphatic carbocycles. The van der Waals surface area contributed by atoms with E-state index in [-0.39, 0.29) is 6.29 Å². The zero-order valence-corrected chi connectivity index (χ0v) is 12.5. The van der Waals surface area contributed by atoms with Crippen LogP contribution in [0.15, 0.2) is 0 Å². The quantitative estimate of drug-likeness (QED) is 0.326. The minimum Gasteiger partial charge on any atom is -0.353 e. The lowest BCUT2D eigenvalue weighted by Gasteiger charge is -2.19. The zero-order chi connectivity index (χ0) is 13.1. The molecular weight excluding hydrogens is 239 g/mol. The first-order chi connectivity index (χ1) is 8.05. The van der Waals surface area contributed by atoms with Crippen LogP contribution in [0.4, 0.5) is 0 Å². The monoisotopic (exact) mass is 266 g/mol. The summed E-state index contributed by atoms with van der Waals surface area (Å²) in [6.45, 7) is 9.43. The van der Waals surface area contributed by atoms with E-state index in [0.29, 0.717) is 32.4 Å². The van der Waals surface area contributed by atoms with Crippen LogP contribution in [0.3, 0.4) is 0 Å². The van der Waals surface area contributed by atoms with Gasteiger partial charge < -0.3 is 14.0 Å². The van der Waals surface area contributed by atoms with Crippen molar-refractivity contribution in [1.82, 2.24) is 0 Å². The average Bonchev–Trinajstić information content (AvgIpc) is 2.27. The van der Waals surface area contributed by atoms with E-state index < -0.39 is 7.37 Å². The van der Waals surface area contributed by atoms with Crippen molar-refractivity contribution in [2.24, 2.45) is 0 Å². The lowest BCUT2D eigenvalue weighted by molar-refractivity contribution is -0.136. The van der Waals surface area contributed by atoms with Gasteiger partial charge in [0.05, 0.1) is 6.61 Å². The van der Waals surface area contributed by atoms with Gasteiger partial charge in [0, 0.05) is 32.5 Å². The van der Waals surface area contributed by atoms with Crippen LogP contribution in [-0.2, 0) is 18.6 Å². The molecule has 0 fully saturated rings. The average molecular weight is 266 g/mol. The fourth-order valence-electron chi connectivity index (χ4n) is 1.39. The van der Waals surface area contributed by atoms with E-state index in [1.807, 2.05) is 13.8 Å². The van der Waals surface area contributed by atoms with Gasteiger partial charge in [-0.3, -0.25) is 4.57 Å². The molecule has 0 amide bonds. The molecule has 4 nitrogen and oxygen atoms in total. The minimum atomic E-state index is -2.48. The molecule has 0 rings (SSSR count). The van der Waals surface area contributed by atoms with E-state index in [4.69, 9.17) is 14.0 Å². The molecule has 0 spiro atoms. The highest BCUT2D eigenvalue weighted by atomic mass is 31.2. The first-order valence-corrected chi connectivity index (χ1v) is 8.75. The van der Waals surface area contributed by atoms with Crippen LogP contribution in [0, 0.1) is 0 Å². The topological polar surface area (TPSA) is 44.8 Å². The maximum Gasteiger partial charge on any atom is 0.200 e. The predicted molar refractivity (Wildman–Crippen MR) is 70.9 cm³/mol. The first kappa shape index (κ1) is 17.1. The van der Waals surface area contributed by atoms with Crippen molar-refractivity contribution in [3.05, 3.63) is 0 Å². The summed E-state index contributed by atoms with van der Waals surface area (Å²) in [7, 11) is -2.48. The van der Waals surface area contributed by atoms with Crippen LogP contribution in [0.2, 0.25) is 0 Å². The molecule has 0 aliphatic heterocycles. The number of unbranched alkanes of at least 4 members (excludes halogenated alkanes) is 1. The van der Waals surface area contributed by atoms with Gasteiger partial charge in [0.15, 0.2) is 13.7 Å². The van der Waals surface area contributed by atoms with Gasteiger partial charge in [-0.1, -0.05) is 13.3 Å². The molecule has 0 aliphatic rings. The van der Waals surface area contributed by atoms with Gasteiger partial charge in [-0.25, -0.2) is 0 Å². The van der Waals surface area contributed by atoms with E-state index in [2.05, 4.69) is 6.92 Å². The molecule has 104 valence electrons. The third kappa shape index (κ3) is 9.78. The Balaban J connectivity index is 3.90. The molecule has 0 saturated carbocycles. The van der Waals surface area contributed by atoms with Crippen molar-refractivity contribution < 1.29 is 18.6 Å². The fraction of sp³-hybridized carbons (Fsp3) is 1.00. The summed E-state index contributed by atoms with van der Waals surface area (Å²) >= 11 is 0. The Bertz CT molecular complexity index is 215. The number of ether oxygens (including phenoxy) is 2. The predicted octanol–water partition coefficient (Wildman–Crippen LogP) is 3.50. The second-order valence-electron chi connectivity index (χ2n) is 4.05. The van der Waals surface area contributed by atoms with E-state index in [1.54, 1.807) is 6.66 Å². The molecule has 0 aromatic heterocycles. The van der Waals surface area contributed by atoms with Crippen LogP contribution in [0.5, 0.6) is 0 Å². The third-order valence-corrected chi connectivity index (χ3v) is 4.14. The van der Waals surface area contributed by atoms with Gasteiger partial charge in [0.25, 0.3) is 0 Å². The summed E-state index contributed by atoms with van der Waals surface area (Å²) < 4.78 is 28.3. The highest BCUT2D eigenvalue weighted by Gasteiger charge is 2.19. The van der Waals surface area contributed by atoms with Gasteiger partial charge in [-0.2, -0.15) is 0 Å². The lowest BCUT2D eigenvalue weighted by atomic mass is 10.4. The van der Waals surface area contributed by atoms with Gasteiger partial charge in [0.2, 0.25) is 0 Å². The van der Waals surface area contributed by atoms with Crippen LogP contribution < -0.4 is 0 Å². The van der Waals surface area contributed by atoms with Crippen molar-refractivity contribution in [2.75, 3.05) is 32.6 Å². The van der Waals surface area contributed by atoms with E-state index >= 15 is 0 Å². The Morgan fingerprint density at radius 1 is 1.12 bits per heavy atom. The molecule has 17 heavy (non-hydrogen) atoms. The van der Waals surface area contributed by atoms with E-state index in [9.17, 15) is 4.57 Å². The summed E-state index contributed by atoms with van der Waals surface area (Å²) in [5, 5.41) is 0. The largest absolute Gasteiger partial charge is 0.353 e. The van der Waals surface area contributed by atoms with Crippen LogP contribution in [0.1, 0.15) is 40.0 Å². The Morgan fingerprint density at radius 2 is 1.71 bits per heavy atom. The van der Waals surface area contributed by atoms with Crippen molar-refractivity contribution in [2.45, 2.75) is 46.3 Å². The second-order valence-corrected chi connectivity index (χ2v) is 6.79. The van der Waals surface area contributed by atoms with Crippen molar-refractivity contribution in [1.29, 1.82) is 0 Å². The maximum absolute atomic E-state index is 12.1. The number of rotatable bonds is 11. The smallest absolute Gasteiger partial charge is 0.200 e. The molecule has 0 heterocycles. The molecule has 0 aromatic carbocycles. The third-order valence-electron chi connectivity index (χ3n) is 2.34. The van der Waals surface area contributed by atoms with E-state index in [0.717, 1.165) is 12.8 Å². The fourth-order valence-corrected chi connectivity index (χ4v) is 2.72. The Hall–Kier alpha value is 0.110. The standard InChI is InChI=1S/C12H27O4P/c1-5-8-10-16-17(4,13)11-9-12(14-6-2)15-7-3/h12H,5-11H2,1-4H3. The molecule has 0 bridgehead atoms. The first-order valence-electron chi connectivity index (χ1n) is 6.50. The highest BCUT2D eigenvalue weighted by molar-refractivity contribution is 7.58. The molecule has 1 unspecified atom stereocenters. The van der Waals surface area contributed by atoms with Gasteiger partial charge >= 0.3 is 0 Å². The molecule has 0 aromatic rings. The maximum atomic E-state index is 12.1. The Kier molecular flexibility index (Phi) is 10.1. The zero-order valence-electron chi connectivity index (χ0n) is 11.6. The summed E-state index contributed by atoms with van der Waals surface area (Å²) in [5.74, 6) is 0. The van der Waals surface area contributed by atoms with Gasteiger partial charge in [-0.15, -0.1) is 0 Å². The van der Waals surface area contributed by atoms with Crippen LogP contribution in [-0.4, -0.2) is 38.9 Å². The summed E-state index contributed by atoms with van der Waals surface area (Å²) in [6.07, 6.45) is 2.90. The molecule has 1 atom stereocenters. The second kappa shape index (κ2) is 10.1. The van der Waals surface area contributed by atoms with Gasteiger partial charge in [-0.05, 0) is 20.3 Å². The summed E-state index contributed by atoms with van der Waals surface area (Å²) in [6, 6.07) is 0. The molecule has 0 N–H and O–H groups in total. The normalized spacial score (nSPS) is 15.1. The Labute approximate surface area is 105 Å². The molecule has 0 radical (unpaired) electrons. The number of hydrogen-bond acceptors (Lipinski definition) is 4. The van der Waals surface area contributed by atoms with Crippen LogP contribution in [0.25, 0.3) is 0 Å². The summed E-state index contributed by atoms with van der Waals surface area (Å²) in [4.78, 5) is 0. The van der Waals surface area contributed by atoms with Crippen LogP contribution >= 0.6 is 7.37 Å². The molecule has 0 saturated heterocycles. The highest BCUT2D eigenvalue weighted by Crippen LogP contribution is 2.43. The molecular formula is C12H27O4P. The van der Waals surface area contributed by atoms with Crippen molar-refractivity contribution in [3.8, 4) is 0 Å². The molecule has 5 heteroatoms. The van der Waals surface area contributed by atoms with Crippen molar-refractivity contribution >= 4 is 7.37 Å².